The first-order chi connectivity index (χ1) is 11.5. The highest BCUT2D eigenvalue weighted by Crippen LogP contribution is 2.62. The minimum Gasteiger partial charge on any atom is -0.387 e. The van der Waals surface area contributed by atoms with Crippen molar-refractivity contribution in [2.45, 2.75) is 76.7 Å². The van der Waals surface area contributed by atoms with Gasteiger partial charge in [0.15, 0.2) is 0 Å². The Hall–Kier alpha value is -0.340. The molecule has 0 saturated heterocycles. The number of hydrogen-bond donors (Lipinski definition) is 1. The Morgan fingerprint density at radius 3 is 2.67 bits per heavy atom. The first-order valence-corrected chi connectivity index (χ1v) is 10.4. The minimum absolute atomic E-state index is 0.428. The lowest BCUT2D eigenvalue weighted by Crippen LogP contribution is -2.53. The van der Waals surface area contributed by atoms with Gasteiger partial charge in [0.1, 0.15) is 0 Å². The summed E-state index contributed by atoms with van der Waals surface area (Å²) in [5.74, 6) is 4.32. The van der Waals surface area contributed by atoms with Crippen LogP contribution in [0.5, 0.6) is 0 Å². The number of methoxy groups -OCH3 is 1. The third kappa shape index (κ3) is 2.60. The summed E-state index contributed by atoms with van der Waals surface area (Å²) in [5.41, 5.74) is 1.43. The second-order valence-corrected chi connectivity index (χ2v) is 9.79. The van der Waals surface area contributed by atoms with E-state index in [1.54, 1.807) is 12.7 Å². The van der Waals surface area contributed by atoms with Gasteiger partial charge in [0.25, 0.3) is 0 Å². The molecule has 4 aliphatic carbocycles. The van der Waals surface area contributed by atoms with Gasteiger partial charge in [-0.05, 0) is 99.2 Å². The molecule has 2 nitrogen and oxygen atoms in total. The van der Waals surface area contributed by atoms with E-state index in [9.17, 15) is 5.11 Å². The lowest BCUT2D eigenvalue weighted by Gasteiger charge is -2.59. The summed E-state index contributed by atoms with van der Waals surface area (Å²) in [4.78, 5) is 0. The van der Waals surface area contributed by atoms with E-state index in [-0.39, 0.29) is 0 Å². The van der Waals surface area contributed by atoms with E-state index in [0.717, 1.165) is 42.4 Å². The van der Waals surface area contributed by atoms with Crippen LogP contribution in [0.3, 0.4) is 0 Å². The van der Waals surface area contributed by atoms with Crippen LogP contribution in [0.1, 0.15) is 71.1 Å². The topological polar surface area (TPSA) is 29.5 Å². The SMILES string of the molecule is C=C1CCC[C@H]2[C@@H]3CC[C@@H]4C[C@@](O)(COC)CC[C@@H]4[C@H]3CC[C@]12C. The molecular formula is C22H36O2. The second kappa shape index (κ2) is 6.13. The quantitative estimate of drug-likeness (QED) is 0.724. The Labute approximate surface area is 148 Å². The first kappa shape index (κ1) is 17.1. The molecule has 1 N–H and O–H groups in total. The van der Waals surface area contributed by atoms with Crippen molar-refractivity contribution < 1.29 is 9.84 Å². The Morgan fingerprint density at radius 1 is 1.08 bits per heavy atom. The van der Waals surface area contributed by atoms with Crippen molar-refractivity contribution in [3.05, 3.63) is 12.2 Å². The van der Waals surface area contributed by atoms with Gasteiger partial charge in [-0.2, -0.15) is 0 Å². The first-order valence-electron chi connectivity index (χ1n) is 10.4. The fourth-order valence-electron chi connectivity index (χ4n) is 7.47. The van der Waals surface area contributed by atoms with E-state index in [1.165, 1.54) is 51.4 Å². The zero-order valence-corrected chi connectivity index (χ0v) is 15.7. The van der Waals surface area contributed by atoms with Crippen molar-refractivity contribution in [2.75, 3.05) is 13.7 Å². The van der Waals surface area contributed by atoms with Crippen molar-refractivity contribution in [1.82, 2.24) is 0 Å². The third-order valence-electron chi connectivity index (χ3n) is 8.71. The van der Waals surface area contributed by atoms with Crippen LogP contribution in [0.2, 0.25) is 0 Å². The number of hydrogen-bond acceptors (Lipinski definition) is 2. The van der Waals surface area contributed by atoms with E-state index in [1.807, 2.05) is 0 Å². The predicted octanol–water partition coefficient (Wildman–Crippen LogP) is 4.96. The van der Waals surface area contributed by atoms with Gasteiger partial charge in [0.05, 0.1) is 12.2 Å². The summed E-state index contributed by atoms with van der Waals surface area (Å²) in [6, 6.07) is 0. The molecule has 0 aromatic rings. The maximum atomic E-state index is 10.8. The molecule has 0 unspecified atom stereocenters. The lowest BCUT2D eigenvalue weighted by atomic mass is 9.46. The molecule has 136 valence electrons. The fourth-order valence-corrected chi connectivity index (χ4v) is 7.47. The molecule has 2 heteroatoms. The van der Waals surface area contributed by atoms with Crippen LogP contribution in [0.4, 0.5) is 0 Å². The minimum atomic E-state index is -0.551. The second-order valence-electron chi connectivity index (χ2n) is 9.79. The van der Waals surface area contributed by atoms with Crippen LogP contribution < -0.4 is 0 Å². The third-order valence-corrected chi connectivity index (χ3v) is 8.71. The molecule has 4 fully saturated rings. The van der Waals surface area contributed by atoms with Crippen LogP contribution in [0.15, 0.2) is 12.2 Å². The lowest BCUT2D eigenvalue weighted by molar-refractivity contribution is -0.124. The van der Waals surface area contributed by atoms with Gasteiger partial charge in [-0.25, -0.2) is 0 Å². The summed E-state index contributed by atoms with van der Waals surface area (Å²) in [6.45, 7) is 7.53. The average molecular weight is 333 g/mol. The highest BCUT2D eigenvalue weighted by molar-refractivity contribution is 5.18. The Balaban J connectivity index is 1.52. The molecule has 4 saturated carbocycles. The van der Waals surface area contributed by atoms with Gasteiger partial charge in [-0.15, -0.1) is 0 Å². The van der Waals surface area contributed by atoms with Crippen molar-refractivity contribution in [2.24, 2.45) is 35.0 Å². The highest BCUT2D eigenvalue weighted by atomic mass is 16.5. The van der Waals surface area contributed by atoms with E-state index < -0.39 is 5.60 Å². The molecular weight excluding hydrogens is 296 g/mol. The van der Waals surface area contributed by atoms with E-state index in [2.05, 4.69) is 13.5 Å². The molecule has 24 heavy (non-hydrogen) atoms. The van der Waals surface area contributed by atoms with Crippen LogP contribution in [-0.2, 0) is 4.74 Å². The van der Waals surface area contributed by atoms with Gasteiger partial charge in [0, 0.05) is 7.11 Å². The molecule has 4 rings (SSSR count). The molecule has 0 amide bonds. The molecule has 0 bridgehead atoms. The smallest absolute Gasteiger partial charge is 0.0882 e. The molecule has 4 aliphatic rings. The number of rotatable bonds is 2. The number of ether oxygens (including phenoxy) is 1. The molecule has 7 atom stereocenters. The van der Waals surface area contributed by atoms with E-state index >= 15 is 0 Å². The number of fused-ring (bicyclic) bond motifs is 5. The van der Waals surface area contributed by atoms with Crippen molar-refractivity contribution in [3.8, 4) is 0 Å². The zero-order chi connectivity index (χ0) is 16.9. The average Bonchev–Trinajstić information content (AvgIpc) is 2.55. The van der Waals surface area contributed by atoms with Gasteiger partial charge in [-0.1, -0.05) is 19.1 Å². The molecule has 0 heterocycles. The van der Waals surface area contributed by atoms with Gasteiger partial charge < -0.3 is 9.84 Å². The predicted molar refractivity (Wildman–Crippen MR) is 97.7 cm³/mol. The molecule has 0 radical (unpaired) electrons. The van der Waals surface area contributed by atoms with Gasteiger partial charge in [-0.3, -0.25) is 0 Å². The maximum absolute atomic E-state index is 10.8. The van der Waals surface area contributed by atoms with Crippen molar-refractivity contribution >= 4 is 0 Å². The summed E-state index contributed by atoms with van der Waals surface area (Å²) >= 11 is 0. The normalized spacial score (nSPS) is 51.5. The Morgan fingerprint density at radius 2 is 1.88 bits per heavy atom. The highest BCUT2D eigenvalue weighted by Gasteiger charge is 2.54. The van der Waals surface area contributed by atoms with Crippen LogP contribution >= 0.6 is 0 Å². The van der Waals surface area contributed by atoms with E-state index in [4.69, 9.17) is 4.74 Å². The monoisotopic (exact) mass is 332 g/mol. The Bertz CT molecular complexity index is 500. The standard InChI is InChI=1S/C22H36O2/c1-15-5-4-6-20-19-8-7-16-13-22(23,14-24-3)12-10-17(16)18(19)9-11-21(15,20)2/h16-20,23H,1,4-14H2,2-3H3/t16-,17+,18-,19-,20+,21-,22-/m1/s1. The van der Waals surface area contributed by atoms with Crippen molar-refractivity contribution in [1.29, 1.82) is 0 Å². The number of allylic oxidation sites excluding steroid dienone is 1. The van der Waals surface area contributed by atoms with Gasteiger partial charge in [0.2, 0.25) is 0 Å². The summed E-state index contributed by atoms with van der Waals surface area (Å²) in [7, 11) is 1.72. The maximum Gasteiger partial charge on any atom is 0.0882 e. The molecule has 0 aliphatic heterocycles. The Kier molecular flexibility index (Phi) is 4.36. The summed E-state index contributed by atoms with van der Waals surface area (Å²) < 4.78 is 5.31. The summed E-state index contributed by atoms with van der Waals surface area (Å²) in [5, 5.41) is 10.8. The van der Waals surface area contributed by atoms with Gasteiger partial charge >= 0.3 is 0 Å². The van der Waals surface area contributed by atoms with Crippen LogP contribution in [-0.4, -0.2) is 24.4 Å². The molecule has 0 aromatic carbocycles. The largest absolute Gasteiger partial charge is 0.387 e. The zero-order valence-electron chi connectivity index (χ0n) is 15.7. The molecule has 0 aromatic heterocycles. The number of aliphatic hydroxyl groups is 1. The fraction of sp³-hybridized carbons (Fsp3) is 0.909. The van der Waals surface area contributed by atoms with E-state index in [0.29, 0.717) is 12.0 Å². The van der Waals surface area contributed by atoms with Crippen LogP contribution in [0.25, 0.3) is 0 Å². The van der Waals surface area contributed by atoms with Crippen LogP contribution in [0, 0.1) is 35.0 Å². The molecule has 0 spiro atoms. The summed E-state index contributed by atoms with van der Waals surface area (Å²) in [6.07, 6.45) is 12.7. The van der Waals surface area contributed by atoms with Crippen molar-refractivity contribution in [3.63, 3.8) is 0 Å².